The molecule has 0 bridgehead atoms. The molecular weight excluding hydrogens is 328 g/mol. The molecule has 27 heavy (non-hydrogen) atoms. The Morgan fingerprint density at radius 2 is 1.04 bits per heavy atom. The van der Waals surface area contributed by atoms with Gasteiger partial charge in [-0.05, 0) is 50.5 Å². The van der Waals surface area contributed by atoms with Crippen LogP contribution in [0, 0.1) is 0 Å². The van der Waals surface area contributed by atoms with Crippen LogP contribution >= 0.6 is 0 Å². The number of hydrogen-bond donors (Lipinski definition) is 0. The van der Waals surface area contributed by atoms with Gasteiger partial charge >= 0.3 is 0 Å². The quantitative estimate of drug-likeness (QED) is 0.233. The summed E-state index contributed by atoms with van der Waals surface area (Å²) in [5.41, 5.74) is 0. The Morgan fingerprint density at radius 1 is 0.407 bits per heavy atom. The molecule has 0 aliphatic heterocycles. The van der Waals surface area contributed by atoms with Crippen LogP contribution in [0.1, 0.15) is 0 Å². The maximum atomic E-state index is 6.34. The van der Waals surface area contributed by atoms with Crippen LogP contribution in [-0.4, -0.2) is 0 Å². The van der Waals surface area contributed by atoms with Crippen LogP contribution in [0.4, 0.5) is 0 Å². The van der Waals surface area contributed by atoms with Crippen molar-refractivity contribution in [3.63, 3.8) is 0 Å². The maximum Gasteiger partial charge on any atom is 0.135 e. The first-order valence-corrected chi connectivity index (χ1v) is 9.21. The lowest BCUT2D eigenvalue weighted by atomic mass is 9.89. The van der Waals surface area contributed by atoms with Crippen molar-refractivity contribution in [2.45, 2.75) is 0 Å². The van der Waals surface area contributed by atoms with Gasteiger partial charge < -0.3 is 4.74 Å². The first-order valence-electron chi connectivity index (χ1n) is 9.21. The van der Waals surface area contributed by atoms with Gasteiger partial charge in [0.1, 0.15) is 11.5 Å². The Balaban J connectivity index is 1.84. The number of fused-ring (bicyclic) bond motifs is 3. The summed E-state index contributed by atoms with van der Waals surface area (Å²) < 4.78 is 6.34. The Kier molecular flexibility index (Phi) is 2.95. The average Bonchev–Trinajstić information content (AvgIpc) is 2.74. The summed E-state index contributed by atoms with van der Waals surface area (Å²) in [7, 11) is 0. The van der Waals surface area contributed by atoms with Gasteiger partial charge in [-0.15, -0.1) is 0 Å². The van der Waals surface area contributed by atoms with Gasteiger partial charge in [-0.25, -0.2) is 0 Å². The third-order valence-corrected chi connectivity index (χ3v) is 5.45. The molecule has 0 heterocycles. The fourth-order valence-corrected chi connectivity index (χ4v) is 4.30. The van der Waals surface area contributed by atoms with E-state index in [1.54, 1.807) is 0 Å². The molecule has 1 heteroatoms. The summed E-state index contributed by atoms with van der Waals surface area (Å²) in [6, 6.07) is 33.9. The van der Waals surface area contributed by atoms with Crippen LogP contribution in [-0.2, 0) is 0 Å². The van der Waals surface area contributed by atoms with Gasteiger partial charge in [0.15, 0.2) is 0 Å². The molecule has 0 unspecified atom stereocenters. The molecule has 0 saturated heterocycles. The molecule has 6 rings (SSSR count). The highest BCUT2D eigenvalue weighted by atomic mass is 16.5. The molecule has 0 saturated carbocycles. The highest BCUT2D eigenvalue weighted by Gasteiger charge is 2.16. The lowest BCUT2D eigenvalue weighted by Crippen LogP contribution is -1.91. The predicted molar refractivity (Wildman–Crippen MR) is 114 cm³/mol. The number of ether oxygens (including phenoxy) is 1. The van der Waals surface area contributed by atoms with Gasteiger partial charge in [-0.2, -0.15) is 0 Å². The molecule has 0 atom stereocenters. The molecule has 1 nitrogen and oxygen atoms in total. The highest BCUT2D eigenvalue weighted by molar-refractivity contribution is 6.34. The van der Waals surface area contributed by atoms with Crippen molar-refractivity contribution < 1.29 is 4.74 Å². The van der Waals surface area contributed by atoms with Gasteiger partial charge in [0, 0.05) is 10.8 Å². The van der Waals surface area contributed by atoms with Gasteiger partial charge in [0.2, 0.25) is 0 Å². The topological polar surface area (TPSA) is 9.23 Å². The van der Waals surface area contributed by atoms with E-state index in [1.807, 2.05) is 30.3 Å². The van der Waals surface area contributed by atoms with Crippen molar-refractivity contribution in [3.8, 4) is 11.5 Å². The molecule has 0 fully saturated rings. The summed E-state index contributed by atoms with van der Waals surface area (Å²) in [5.74, 6) is 1.76. The average molecular weight is 344 g/mol. The largest absolute Gasteiger partial charge is 0.457 e. The lowest BCUT2D eigenvalue weighted by Gasteiger charge is -2.17. The molecule has 0 aromatic heterocycles. The standard InChI is InChI=1S/C26H16O/c1-2-8-19(9-3-1)27-23-16-15-18-14-13-17-7-6-12-21-20-10-4-5-11-22(20)26(23)25(18)24(17)21/h1-16H. The minimum absolute atomic E-state index is 0.858. The van der Waals surface area contributed by atoms with Crippen molar-refractivity contribution in [2.24, 2.45) is 0 Å². The molecular formula is C26H16O. The number of rotatable bonds is 2. The second-order valence-corrected chi connectivity index (χ2v) is 6.97. The van der Waals surface area contributed by atoms with Crippen LogP contribution in [0.3, 0.4) is 0 Å². The van der Waals surface area contributed by atoms with Gasteiger partial charge in [0.25, 0.3) is 0 Å². The first kappa shape index (κ1) is 14.6. The molecule has 6 aromatic carbocycles. The second kappa shape index (κ2) is 5.46. The first-order chi connectivity index (χ1) is 13.4. The lowest BCUT2D eigenvalue weighted by molar-refractivity contribution is 0.489. The maximum absolute atomic E-state index is 6.34. The molecule has 0 aliphatic rings. The molecule has 126 valence electrons. The summed E-state index contributed by atoms with van der Waals surface area (Å²) in [6.07, 6.45) is 0. The molecule has 0 aliphatic carbocycles. The minimum atomic E-state index is 0.858. The normalized spacial score (nSPS) is 11.7. The van der Waals surface area contributed by atoms with E-state index in [-0.39, 0.29) is 0 Å². The van der Waals surface area contributed by atoms with Crippen molar-refractivity contribution in [1.29, 1.82) is 0 Å². The van der Waals surface area contributed by atoms with Gasteiger partial charge in [-0.1, -0.05) is 78.9 Å². The molecule has 0 amide bonds. The Morgan fingerprint density at radius 3 is 1.89 bits per heavy atom. The monoisotopic (exact) mass is 344 g/mol. The van der Waals surface area contributed by atoms with E-state index in [0.717, 1.165) is 11.5 Å². The number of hydrogen-bond acceptors (Lipinski definition) is 1. The molecule has 0 radical (unpaired) electrons. The van der Waals surface area contributed by atoms with E-state index >= 15 is 0 Å². The smallest absolute Gasteiger partial charge is 0.135 e. The van der Waals surface area contributed by atoms with Crippen LogP contribution in [0.5, 0.6) is 11.5 Å². The van der Waals surface area contributed by atoms with E-state index < -0.39 is 0 Å². The van der Waals surface area contributed by atoms with E-state index in [0.29, 0.717) is 0 Å². The van der Waals surface area contributed by atoms with E-state index in [9.17, 15) is 0 Å². The van der Waals surface area contributed by atoms with E-state index in [2.05, 4.69) is 66.7 Å². The Hall–Kier alpha value is -3.58. The van der Waals surface area contributed by atoms with E-state index in [1.165, 1.54) is 43.1 Å². The van der Waals surface area contributed by atoms with Gasteiger partial charge in [-0.3, -0.25) is 0 Å². The van der Waals surface area contributed by atoms with E-state index in [4.69, 9.17) is 4.74 Å². The summed E-state index contributed by atoms with van der Waals surface area (Å²) in [6.45, 7) is 0. The zero-order valence-corrected chi connectivity index (χ0v) is 14.6. The van der Waals surface area contributed by atoms with Crippen LogP contribution in [0.25, 0.3) is 43.1 Å². The highest BCUT2D eigenvalue weighted by Crippen LogP contribution is 2.44. The summed E-state index contributed by atoms with van der Waals surface area (Å²) >= 11 is 0. The van der Waals surface area contributed by atoms with Crippen LogP contribution < -0.4 is 4.74 Å². The minimum Gasteiger partial charge on any atom is -0.457 e. The van der Waals surface area contributed by atoms with Crippen molar-refractivity contribution in [2.75, 3.05) is 0 Å². The number of benzene rings is 6. The summed E-state index contributed by atoms with van der Waals surface area (Å²) in [5, 5.41) is 10.1. The fraction of sp³-hybridized carbons (Fsp3) is 0. The molecule has 0 spiro atoms. The van der Waals surface area contributed by atoms with Gasteiger partial charge in [0.05, 0.1) is 0 Å². The Bertz CT molecular complexity index is 1430. The van der Waals surface area contributed by atoms with Crippen molar-refractivity contribution in [1.82, 2.24) is 0 Å². The zero-order chi connectivity index (χ0) is 17.8. The summed E-state index contributed by atoms with van der Waals surface area (Å²) in [4.78, 5) is 0. The third-order valence-electron chi connectivity index (χ3n) is 5.45. The van der Waals surface area contributed by atoms with Crippen molar-refractivity contribution >= 4 is 43.1 Å². The SMILES string of the molecule is c1ccc(Oc2ccc3ccc4cccc5c6ccccc6c2c3c45)cc1. The van der Waals surface area contributed by atoms with Crippen molar-refractivity contribution in [3.05, 3.63) is 97.1 Å². The zero-order valence-electron chi connectivity index (χ0n) is 14.6. The fourth-order valence-electron chi connectivity index (χ4n) is 4.30. The third kappa shape index (κ3) is 2.06. The Labute approximate surface area is 156 Å². The number of para-hydroxylation sites is 1. The van der Waals surface area contributed by atoms with Crippen LogP contribution in [0.15, 0.2) is 97.1 Å². The molecule has 0 N–H and O–H groups in total. The van der Waals surface area contributed by atoms with Crippen LogP contribution in [0.2, 0.25) is 0 Å². The predicted octanol–water partition coefficient (Wildman–Crippen LogP) is 7.53. The molecule has 6 aromatic rings. The second-order valence-electron chi connectivity index (χ2n) is 6.97.